The highest BCUT2D eigenvalue weighted by Gasteiger charge is 2.53. The summed E-state index contributed by atoms with van der Waals surface area (Å²) in [7, 11) is 1.81. The van der Waals surface area contributed by atoms with Crippen LogP contribution in [0.1, 0.15) is 31.4 Å². The number of para-hydroxylation sites is 1. The molecule has 23 heavy (non-hydrogen) atoms. The number of fused-ring (bicyclic) bond motifs is 1. The zero-order valence-corrected chi connectivity index (χ0v) is 13.7. The molecule has 2 aromatic rings. The van der Waals surface area contributed by atoms with Gasteiger partial charge in [-0.2, -0.15) is 5.26 Å². The first kappa shape index (κ1) is 15.3. The molecule has 116 valence electrons. The molecule has 0 aliphatic carbocycles. The van der Waals surface area contributed by atoms with E-state index in [0.29, 0.717) is 6.42 Å². The van der Waals surface area contributed by atoms with Crippen molar-refractivity contribution in [3.63, 3.8) is 0 Å². The fourth-order valence-electron chi connectivity index (χ4n) is 3.61. The lowest BCUT2D eigenvalue weighted by Gasteiger charge is -2.33. The van der Waals surface area contributed by atoms with Gasteiger partial charge in [0.1, 0.15) is 5.41 Å². The molecule has 1 aliphatic rings. The molecule has 0 bridgehead atoms. The minimum atomic E-state index is -0.800. The first-order valence-electron chi connectivity index (χ1n) is 7.77. The van der Waals surface area contributed by atoms with Crippen LogP contribution in [0.3, 0.4) is 0 Å². The summed E-state index contributed by atoms with van der Waals surface area (Å²) >= 11 is 0. The van der Waals surface area contributed by atoms with Gasteiger partial charge in [-0.15, -0.1) is 0 Å². The van der Waals surface area contributed by atoms with E-state index >= 15 is 0 Å². The van der Waals surface area contributed by atoms with Crippen LogP contribution in [0.5, 0.6) is 0 Å². The maximum Gasteiger partial charge on any atom is 0.241 e. The van der Waals surface area contributed by atoms with Gasteiger partial charge in [0.25, 0.3) is 0 Å². The molecule has 1 aliphatic heterocycles. The molecule has 1 atom stereocenters. The molecule has 3 rings (SSSR count). The third kappa shape index (κ3) is 2.22. The molecule has 0 N–H and O–H groups in total. The van der Waals surface area contributed by atoms with Crippen LogP contribution in [0.2, 0.25) is 0 Å². The van der Waals surface area contributed by atoms with Crippen LogP contribution < -0.4 is 4.90 Å². The average Bonchev–Trinajstić information content (AvgIpc) is 2.79. The lowest BCUT2D eigenvalue weighted by Crippen LogP contribution is -2.42. The van der Waals surface area contributed by atoms with Crippen LogP contribution in [0.4, 0.5) is 5.69 Å². The van der Waals surface area contributed by atoms with E-state index in [1.165, 1.54) is 0 Å². The Labute approximate surface area is 137 Å². The maximum absolute atomic E-state index is 13.3. The molecule has 1 amide bonds. The Hall–Kier alpha value is -2.60. The minimum Gasteiger partial charge on any atom is -0.314 e. The van der Waals surface area contributed by atoms with Crippen LogP contribution in [-0.4, -0.2) is 13.0 Å². The number of benzene rings is 2. The summed E-state index contributed by atoms with van der Waals surface area (Å²) in [5.74, 6) is 0.0354. The first-order chi connectivity index (χ1) is 10.9. The molecule has 0 radical (unpaired) electrons. The topological polar surface area (TPSA) is 44.1 Å². The second-order valence-electron chi connectivity index (χ2n) is 6.83. The van der Waals surface area contributed by atoms with Gasteiger partial charge >= 0.3 is 0 Å². The molecule has 0 aromatic heterocycles. The fraction of sp³-hybridized carbons (Fsp3) is 0.300. The molecule has 0 fully saturated rings. The number of carbonyl (C=O) groups excluding carboxylic acids is 1. The summed E-state index contributed by atoms with van der Waals surface area (Å²) in [4.78, 5) is 15.0. The van der Waals surface area contributed by atoms with Crippen molar-refractivity contribution in [3.8, 4) is 6.07 Å². The second-order valence-corrected chi connectivity index (χ2v) is 6.83. The van der Waals surface area contributed by atoms with Crippen LogP contribution in [0.25, 0.3) is 0 Å². The molecule has 3 nitrogen and oxygen atoms in total. The highest BCUT2D eigenvalue weighted by Crippen LogP contribution is 2.51. The number of rotatable bonds is 3. The lowest BCUT2D eigenvalue weighted by atomic mass is 9.66. The lowest BCUT2D eigenvalue weighted by molar-refractivity contribution is -0.122. The molecule has 0 saturated carbocycles. The van der Waals surface area contributed by atoms with Crippen molar-refractivity contribution in [2.45, 2.75) is 25.7 Å². The van der Waals surface area contributed by atoms with E-state index in [4.69, 9.17) is 0 Å². The molecule has 2 aromatic carbocycles. The predicted molar refractivity (Wildman–Crippen MR) is 91.1 cm³/mol. The molecule has 0 spiro atoms. The smallest absolute Gasteiger partial charge is 0.241 e. The molecule has 3 heteroatoms. The predicted octanol–water partition coefficient (Wildman–Crippen LogP) is 3.89. The summed E-state index contributed by atoms with van der Waals surface area (Å²) in [6.07, 6.45) is 0.459. The standard InChI is InChI=1S/C20H20N2O/c1-19(2,14-21)13-20(15-9-5-4-6-10-15)16-11-7-8-12-17(16)22(3)18(20)23/h4-12H,13H2,1-3H3. The number of hydrogen-bond acceptors (Lipinski definition) is 2. The Morgan fingerprint density at radius 2 is 1.70 bits per heavy atom. The van der Waals surface area contributed by atoms with Crippen molar-refractivity contribution in [2.24, 2.45) is 5.41 Å². The van der Waals surface area contributed by atoms with E-state index in [1.807, 2.05) is 75.5 Å². The number of likely N-dealkylation sites (N-methyl/N-ethyl adjacent to an activating group) is 1. The van der Waals surface area contributed by atoms with Gasteiger partial charge in [0.2, 0.25) is 5.91 Å². The van der Waals surface area contributed by atoms with E-state index in [2.05, 4.69) is 6.07 Å². The van der Waals surface area contributed by atoms with Gasteiger partial charge in [0.15, 0.2) is 0 Å². The minimum absolute atomic E-state index is 0.0354. The number of nitrogens with zero attached hydrogens (tertiary/aromatic N) is 2. The van der Waals surface area contributed by atoms with E-state index < -0.39 is 10.8 Å². The number of nitriles is 1. The zero-order chi connectivity index (χ0) is 16.7. The summed E-state index contributed by atoms with van der Waals surface area (Å²) < 4.78 is 0. The number of amides is 1. The van der Waals surface area contributed by atoms with Crippen molar-refractivity contribution in [3.05, 3.63) is 65.7 Å². The summed E-state index contributed by atoms with van der Waals surface area (Å²) in [6.45, 7) is 3.79. The van der Waals surface area contributed by atoms with Gasteiger partial charge in [-0.1, -0.05) is 48.5 Å². The van der Waals surface area contributed by atoms with Crippen molar-refractivity contribution in [1.82, 2.24) is 0 Å². The number of hydrogen-bond donors (Lipinski definition) is 0. The van der Waals surface area contributed by atoms with Gasteiger partial charge < -0.3 is 4.90 Å². The van der Waals surface area contributed by atoms with Crippen LogP contribution in [0.15, 0.2) is 54.6 Å². The quantitative estimate of drug-likeness (QED) is 0.863. The van der Waals surface area contributed by atoms with Crippen LogP contribution in [-0.2, 0) is 10.2 Å². The number of anilines is 1. The van der Waals surface area contributed by atoms with Gasteiger partial charge in [0, 0.05) is 12.7 Å². The van der Waals surface area contributed by atoms with Crippen molar-refractivity contribution in [2.75, 3.05) is 11.9 Å². The summed E-state index contributed by atoms with van der Waals surface area (Å²) in [5.41, 5.74) is 1.46. The van der Waals surface area contributed by atoms with Gasteiger partial charge in [0.05, 0.1) is 11.5 Å². The Bertz CT molecular complexity index is 789. The average molecular weight is 304 g/mol. The van der Waals surface area contributed by atoms with Gasteiger partial charge in [-0.05, 0) is 37.5 Å². The van der Waals surface area contributed by atoms with Crippen molar-refractivity contribution in [1.29, 1.82) is 5.26 Å². The molecule has 1 heterocycles. The highest BCUT2D eigenvalue weighted by atomic mass is 16.2. The Balaban J connectivity index is 2.30. The van der Waals surface area contributed by atoms with Crippen molar-refractivity contribution >= 4 is 11.6 Å². The fourth-order valence-corrected chi connectivity index (χ4v) is 3.61. The Kier molecular flexibility index (Phi) is 3.49. The van der Waals surface area contributed by atoms with Crippen LogP contribution >= 0.6 is 0 Å². The van der Waals surface area contributed by atoms with E-state index in [-0.39, 0.29) is 5.91 Å². The monoisotopic (exact) mass is 304 g/mol. The first-order valence-corrected chi connectivity index (χ1v) is 7.77. The molecule has 1 unspecified atom stereocenters. The maximum atomic E-state index is 13.3. The van der Waals surface area contributed by atoms with E-state index in [1.54, 1.807) is 4.90 Å². The Morgan fingerprint density at radius 3 is 2.35 bits per heavy atom. The highest BCUT2D eigenvalue weighted by molar-refractivity contribution is 6.10. The molecular formula is C20H20N2O. The Morgan fingerprint density at radius 1 is 1.09 bits per heavy atom. The van der Waals surface area contributed by atoms with Gasteiger partial charge in [-0.3, -0.25) is 4.79 Å². The molecular weight excluding hydrogens is 284 g/mol. The second kappa shape index (κ2) is 5.24. The number of carbonyl (C=O) groups is 1. The molecule has 0 saturated heterocycles. The van der Waals surface area contributed by atoms with Crippen molar-refractivity contribution < 1.29 is 4.79 Å². The summed E-state index contributed by atoms with van der Waals surface area (Å²) in [5, 5.41) is 9.54. The third-order valence-corrected chi connectivity index (χ3v) is 4.67. The summed E-state index contributed by atoms with van der Waals surface area (Å²) in [6, 6.07) is 20.1. The van der Waals surface area contributed by atoms with E-state index in [9.17, 15) is 10.1 Å². The zero-order valence-electron chi connectivity index (χ0n) is 13.7. The van der Waals surface area contributed by atoms with Crippen LogP contribution in [0, 0.1) is 16.7 Å². The van der Waals surface area contributed by atoms with E-state index in [0.717, 1.165) is 16.8 Å². The largest absolute Gasteiger partial charge is 0.314 e. The normalized spacial score (nSPS) is 20.3. The van der Waals surface area contributed by atoms with Gasteiger partial charge in [-0.25, -0.2) is 0 Å². The third-order valence-electron chi connectivity index (χ3n) is 4.67. The SMILES string of the molecule is CN1C(=O)C(CC(C)(C)C#N)(c2ccccc2)c2ccccc21.